The molecule has 130 valence electrons. The van der Waals surface area contributed by atoms with E-state index in [1.165, 1.54) is 13.2 Å². The van der Waals surface area contributed by atoms with Crippen LogP contribution in [0.15, 0.2) is 40.7 Å². The number of methoxy groups -OCH3 is 1. The third-order valence-corrected chi connectivity index (χ3v) is 4.90. The maximum atomic E-state index is 12.9. The minimum Gasteiger partial charge on any atom is -0.504 e. The van der Waals surface area contributed by atoms with Crippen LogP contribution < -0.4 is 10.1 Å². The Morgan fingerprint density at radius 3 is 2.72 bits per heavy atom. The first-order valence-electron chi connectivity index (χ1n) is 8.28. The van der Waals surface area contributed by atoms with Crippen LogP contribution in [0.5, 0.6) is 11.5 Å². The highest BCUT2D eigenvalue weighted by atomic mass is 16.5. The van der Waals surface area contributed by atoms with Crippen LogP contribution in [-0.4, -0.2) is 18.0 Å². The number of allylic oxidation sites excluding steroid dienone is 4. The van der Waals surface area contributed by atoms with E-state index in [-0.39, 0.29) is 16.9 Å². The van der Waals surface area contributed by atoms with Crippen molar-refractivity contribution in [2.75, 3.05) is 7.11 Å². The number of phenols is 1. The van der Waals surface area contributed by atoms with Crippen molar-refractivity contribution < 1.29 is 14.6 Å². The highest BCUT2D eigenvalue weighted by molar-refractivity contribution is 6.00. The number of carbonyl (C=O) groups is 1. The lowest BCUT2D eigenvalue weighted by Crippen LogP contribution is -2.36. The van der Waals surface area contributed by atoms with E-state index in [1.54, 1.807) is 12.1 Å². The largest absolute Gasteiger partial charge is 0.504 e. The van der Waals surface area contributed by atoms with Crippen molar-refractivity contribution in [3.05, 3.63) is 46.3 Å². The second-order valence-corrected chi connectivity index (χ2v) is 7.47. The molecule has 0 saturated carbocycles. The molecule has 0 fully saturated rings. The number of nitrogens with zero attached hydrogens (tertiary/aromatic N) is 1. The van der Waals surface area contributed by atoms with Gasteiger partial charge in [0.2, 0.25) is 0 Å². The monoisotopic (exact) mass is 338 g/mol. The number of carbonyl (C=O) groups excluding carboxylic acids is 1. The molecule has 0 aromatic heterocycles. The first kappa shape index (κ1) is 17.1. The van der Waals surface area contributed by atoms with E-state index < -0.39 is 5.92 Å². The van der Waals surface area contributed by atoms with Gasteiger partial charge in [0.1, 0.15) is 0 Å². The molecular weight excluding hydrogens is 316 g/mol. The van der Waals surface area contributed by atoms with E-state index in [2.05, 4.69) is 25.2 Å². The summed E-state index contributed by atoms with van der Waals surface area (Å²) in [6.07, 6.45) is 1.22. The summed E-state index contributed by atoms with van der Waals surface area (Å²) in [5, 5.41) is 22.8. The molecule has 0 saturated heterocycles. The number of nitriles is 1. The van der Waals surface area contributed by atoms with Crippen molar-refractivity contribution in [2.45, 2.75) is 39.5 Å². The Kier molecular flexibility index (Phi) is 4.08. The number of dihydropyridines is 1. The zero-order chi connectivity index (χ0) is 18.4. The van der Waals surface area contributed by atoms with Gasteiger partial charge in [-0.3, -0.25) is 4.79 Å². The smallest absolute Gasteiger partial charge is 0.162 e. The zero-order valence-electron chi connectivity index (χ0n) is 14.9. The van der Waals surface area contributed by atoms with Crippen LogP contribution in [0.3, 0.4) is 0 Å². The standard InChI is InChI=1S/C20H22N2O3/c1-11-13(10-21)18(12-5-6-15(23)17(7-12)25-4)19-14(22-11)8-20(2,3)9-16(19)24/h5-7,18,22-23H,8-9H2,1-4H3/t18-/m1/s1. The zero-order valence-corrected chi connectivity index (χ0v) is 14.9. The van der Waals surface area contributed by atoms with Gasteiger partial charge in [-0.05, 0) is 36.5 Å². The van der Waals surface area contributed by atoms with E-state index in [4.69, 9.17) is 4.74 Å². The van der Waals surface area contributed by atoms with Crippen LogP contribution in [0.2, 0.25) is 0 Å². The molecule has 1 atom stereocenters. The number of ketones is 1. The Morgan fingerprint density at radius 1 is 1.36 bits per heavy atom. The lowest BCUT2D eigenvalue weighted by atomic mass is 9.69. The fraction of sp³-hybridized carbons (Fsp3) is 0.400. The van der Waals surface area contributed by atoms with Gasteiger partial charge >= 0.3 is 0 Å². The van der Waals surface area contributed by atoms with Crippen LogP contribution >= 0.6 is 0 Å². The van der Waals surface area contributed by atoms with Crippen LogP contribution in [-0.2, 0) is 4.79 Å². The number of aromatic hydroxyl groups is 1. The number of rotatable bonds is 2. The van der Waals surface area contributed by atoms with Crippen molar-refractivity contribution in [3.63, 3.8) is 0 Å². The molecule has 1 aliphatic heterocycles. The van der Waals surface area contributed by atoms with Gasteiger partial charge in [0.05, 0.1) is 24.7 Å². The molecule has 25 heavy (non-hydrogen) atoms. The molecule has 0 bridgehead atoms. The predicted octanol–water partition coefficient (Wildman–Crippen LogP) is 3.53. The van der Waals surface area contributed by atoms with Gasteiger partial charge in [0.25, 0.3) is 0 Å². The molecule has 2 N–H and O–H groups in total. The topological polar surface area (TPSA) is 82.3 Å². The highest BCUT2D eigenvalue weighted by Crippen LogP contribution is 2.47. The van der Waals surface area contributed by atoms with E-state index in [0.717, 1.165) is 23.4 Å². The van der Waals surface area contributed by atoms with E-state index in [0.29, 0.717) is 23.3 Å². The Bertz CT molecular complexity index is 856. The van der Waals surface area contributed by atoms with Gasteiger partial charge in [-0.25, -0.2) is 0 Å². The van der Waals surface area contributed by atoms with Gasteiger partial charge in [-0.15, -0.1) is 0 Å². The minimum atomic E-state index is -0.431. The first-order valence-corrected chi connectivity index (χ1v) is 8.28. The summed E-state index contributed by atoms with van der Waals surface area (Å²) < 4.78 is 5.20. The maximum Gasteiger partial charge on any atom is 0.162 e. The van der Waals surface area contributed by atoms with Gasteiger partial charge in [0.15, 0.2) is 17.3 Å². The van der Waals surface area contributed by atoms with Gasteiger partial charge in [-0.1, -0.05) is 19.9 Å². The molecule has 2 aliphatic rings. The summed E-state index contributed by atoms with van der Waals surface area (Å²) in [5.41, 5.74) is 3.52. The number of hydrogen-bond donors (Lipinski definition) is 2. The summed E-state index contributed by atoms with van der Waals surface area (Å²) in [5.74, 6) is -0.00296. The van der Waals surface area contributed by atoms with Crippen LogP contribution in [0.25, 0.3) is 0 Å². The average molecular weight is 338 g/mol. The summed E-state index contributed by atoms with van der Waals surface area (Å²) in [6.45, 7) is 6.01. The predicted molar refractivity (Wildman–Crippen MR) is 93.9 cm³/mol. The first-order chi connectivity index (χ1) is 11.8. The Morgan fingerprint density at radius 2 is 2.08 bits per heavy atom. The molecule has 5 nitrogen and oxygen atoms in total. The second-order valence-electron chi connectivity index (χ2n) is 7.47. The normalized spacial score (nSPS) is 22.2. The number of hydrogen-bond acceptors (Lipinski definition) is 5. The fourth-order valence-electron chi connectivity index (χ4n) is 3.79. The molecule has 5 heteroatoms. The van der Waals surface area contributed by atoms with Crippen molar-refractivity contribution >= 4 is 5.78 Å². The van der Waals surface area contributed by atoms with Crippen LogP contribution in [0.4, 0.5) is 0 Å². The Labute approximate surface area is 147 Å². The van der Waals surface area contributed by atoms with Gasteiger partial charge < -0.3 is 15.2 Å². The number of nitrogens with one attached hydrogen (secondary N) is 1. The van der Waals surface area contributed by atoms with Gasteiger partial charge in [0, 0.05) is 23.4 Å². The lowest BCUT2D eigenvalue weighted by Gasteiger charge is -2.38. The van der Waals surface area contributed by atoms with Gasteiger partial charge in [-0.2, -0.15) is 5.26 Å². The van der Waals surface area contributed by atoms with E-state index in [1.807, 2.05) is 6.92 Å². The van der Waals surface area contributed by atoms with Crippen LogP contribution in [0, 0.1) is 16.7 Å². The molecule has 0 radical (unpaired) electrons. The van der Waals surface area contributed by atoms with Crippen molar-refractivity contribution in [2.24, 2.45) is 5.41 Å². The number of phenolic OH excluding ortho intramolecular Hbond substituents is 1. The second kappa shape index (κ2) is 5.96. The summed E-state index contributed by atoms with van der Waals surface area (Å²) >= 11 is 0. The number of ether oxygens (including phenoxy) is 1. The molecule has 1 aromatic rings. The molecule has 3 rings (SSSR count). The fourth-order valence-corrected chi connectivity index (χ4v) is 3.79. The SMILES string of the molecule is COc1cc([C@@H]2C(C#N)=C(C)NC3=C2C(=O)CC(C)(C)C3)ccc1O. The minimum absolute atomic E-state index is 0.0321. The Balaban J connectivity index is 2.19. The molecule has 1 aliphatic carbocycles. The maximum absolute atomic E-state index is 12.9. The third kappa shape index (κ3) is 2.89. The molecule has 1 heterocycles. The summed E-state index contributed by atoms with van der Waals surface area (Å²) in [4.78, 5) is 12.9. The quantitative estimate of drug-likeness (QED) is 0.862. The lowest BCUT2D eigenvalue weighted by molar-refractivity contribution is -0.118. The molecule has 1 aromatic carbocycles. The van der Waals surface area contributed by atoms with Crippen molar-refractivity contribution in [1.29, 1.82) is 5.26 Å². The van der Waals surface area contributed by atoms with E-state index >= 15 is 0 Å². The van der Waals surface area contributed by atoms with Crippen LogP contribution in [0.1, 0.15) is 45.1 Å². The molecular formula is C20H22N2O3. The number of benzene rings is 1. The van der Waals surface area contributed by atoms with E-state index in [9.17, 15) is 15.2 Å². The molecule has 0 unspecified atom stereocenters. The highest BCUT2D eigenvalue weighted by Gasteiger charge is 2.41. The van der Waals surface area contributed by atoms with Crippen molar-refractivity contribution in [1.82, 2.24) is 5.32 Å². The third-order valence-electron chi connectivity index (χ3n) is 4.90. The number of Topliss-reactive ketones (excluding diaryl/α,β-unsaturated/α-hetero) is 1. The summed E-state index contributed by atoms with van der Waals surface area (Å²) in [7, 11) is 1.48. The molecule has 0 spiro atoms. The molecule has 0 amide bonds. The summed E-state index contributed by atoms with van der Waals surface area (Å²) in [6, 6.07) is 7.24. The van der Waals surface area contributed by atoms with Crippen molar-refractivity contribution in [3.8, 4) is 17.6 Å². The Hall–Kier alpha value is -2.74. The average Bonchev–Trinajstić information content (AvgIpc) is 2.53.